The van der Waals surface area contributed by atoms with Gasteiger partial charge >= 0.3 is 0 Å². The lowest BCUT2D eigenvalue weighted by Crippen LogP contribution is -2.45. The van der Waals surface area contributed by atoms with Crippen molar-refractivity contribution in [1.82, 2.24) is 0 Å². The van der Waals surface area contributed by atoms with Crippen LogP contribution in [0.5, 0.6) is 0 Å². The zero-order valence-electron chi connectivity index (χ0n) is 16.5. The van der Waals surface area contributed by atoms with Gasteiger partial charge in [-0.1, -0.05) is 6.08 Å². The predicted octanol–water partition coefficient (Wildman–Crippen LogP) is 6.21. The molecular formula is C23H27FN2. The standard InChI is InChI=1S/C23H27FN2/c1-7-26-22-11-15(2)18(12-20(22)17(4)13-23(26,5)6)14-25-19-8-9-21(24)16(3)10-19/h8-14H,7H2,1-6H3. The largest absolute Gasteiger partial charge is 0.363 e. The van der Waals surface area contributed by atoms with E-state index < -0.39 is 0 Å². The van der Waals surface area contributed by atoms with Crippen LogP contribution >= 0.6 is 0 Å². The Kier molecular flexibility index (Phi) is 4.74. The van der Waals surface area contributed by atoms with Gasteiger partial charge in [-0.05, 0) is 94.1 Å². The minimum absolute atomic E-state index is 0.0134. The molecule has 0 fully saturated rings. The summed E-state index contributed by atoms with van der Waals surface area (Å²) in [5, 5.41) is 0. The number of fused-ring (bicyclic) bond motifs is 1. The second kappa shape index (κ2) is 6.71. The van der Waals surface area contributed by atoms with Gasteiger partial charge in [-0.2, -0.15) is 0 Å². The molecule has 1 aliphatic rings. The third kappa shape index (κ3) is 3.31. The summed E-state index contributed by atoms with van der Waals surface area (Å²) in [7, 11) is 0. The van der Waals surface area contributed by atoms with Crippen molar-refractivity contribution >= 4 is 23.2 Å². The smallest absolute Gasteiger partial charge is 0.126 e. The maximum atomic E-state index is 13.4. The summed E-state index contributed by atoms with van der Waals surface area (Å²) in [4.78, 5) is 6.99. The molecule has 3 rings (SSSR count). The van der Waals surface area contributed by atoms with E-state index in [0.717, 1.165) is 17.8 Å². The molecule has 2 aromatic rings. The molecule has 0 aromatic heterocycles. The van der Waals surface area contributed by atoms with E-state index >= 15 is 0 Å². The van der Waals surface area contributed by atoms with Crippen LogP contribution in [-0.4, -0.2) is 18.3 Å². The first-order valence-corrected chi connectivity index (χ1v) is 9.15. The van der Waals surface area contributed by atoms with E-state index in [1.807, 2.05) is 6.21 Å². The number of hydrogen-bond donors (Lipinski definition) is 0. The second-order valence-electron chi connectivity index (χ2n) is 7.64. The lowest BCUT2D eigenvalue weighted by atomic mass is 9.87. The maximum Gasteiger partial charge on any atom is 0.126 e. The number of halogens is 1. The van der Waals surface area contributed by atoms with Gasteiger partial charge in [0.05, 0.1) is 11.2 Å². The summed E-state index contributed by atoms with van der Waals surface area (Å²) in [5.74, 6) is -0.197. The topological polar surface area (TPSA) is 15.6 Å². The van der Waals surface area contributed by atoms with E-state index in [0.29, 0.717) is 5.56 Å². The van der Waals surface area contributed by atoms with E-state index in [4.69, 9.17) is 0 Å². The van der Waals surface area contributed by atoms with Gasteiger partial charge in [-0.3, -0.25) is 4.99 Å². The van der Waals surface area contributed by atoms with Gasteiger partial charge in [0.1, 0.15) is 5.82 Å². The Morgan fingerprint density at radius 1 is 1.08 bits per heavy atom. The molecule has 2 nitrogen and oxygen atoms in total. The van der Waals surface area contributed by atoms with Crippen LogP contribution in [-0.2, 0) is 0 Å². The number of likely N-dealkylation sites (N-methyl/N-ethyl adjacent to an activating group) is 1. The third-order valence-electron chi connectivity index (χ3n) is 5.18. The highest BCUT2D eigenvalue weighted by molar-refractivity contribution is 5.90. The van der Waals surface area contributed by atoms with Crippen molar-refractivity contribution in [3.05, 3.63) is 64.5 Å². The molecule has 0 N–H and O–H groups in total. The van der Waals surface area contributed by atoms with Crippen molar-refractivity contribution in [3.8, 4) is 0 Å². The first-order valence-electron chi connectivity index (χ1n) is 9.15. The number of allylic oxidation sites excluding steroid dienone is 1. The van der Waals surface area contributed by atoms with E-state index in [-0.39, 0.29) is 11.4 Å². The molecule has 2 aromatic carbocycles. The average Bonchev–Trinajstić information content (AvgIpc) is 2.56. The Morgan fingerprint density at radius 3 is 2.46 bits per heavy atom. The van der Waals surface area contributed by atoms with E-state index in [9.17, 15) is 4.39 Å². The van der Waals surface area contributed by atoms with E-state index in [1.165, 1.54) is 28.5 Å². The Morgan fingerprint density at radius 2 is 1.81 bits per heavy atom. The number of anilines is 1. The molecule has 1 aliphatic heterocycles. The fourth-order valence-corrected chi connectivity index (χ4v) is 3.81. The fourth-order valence-electron chi connectivity index (χ4n) is 3.81. The van der Waals surface area contributed by atoms with Gasteiger partial charge in [0, 0.05) is 24.0 Å². The van der Waals surface area contributed by atoms with Crippen molar-refractivity contribution in [2.45, 2.75) is 47.1 Å². The summed E-state index contributed by atoms with van der Waals surface area (Å²) in [6.45, 7) is 13.7. The number of nitrogens with zero attached hydrogens (tertiary/aromatic N) is 2. The normalized spacial score (nSPS) is 16.0. The van der Waals surface area contributed by atoms with Gasteiger partial charge in [0.25, 0.3) is 0 Å². The van der Waals surface area contributed by atoms with Crippen molar-refractivity contribution in [1.29, 1.82) is 0 Å². The predicted molar refractivity (Wildman–Crippen MR) is 110 cm³/mol. The van der Waals surface area contributed by atoms with Crippen LogP contribution < -0.4 is 4.90 Å². The van der Waals surface area contributed by atoms with Crippen molar-refractivity contribution in [3.63, 3.8) is 0 Å². The number of hydrogen-bond acceptors (Lipinski definition) is 2. The lowest BCUT2D eigenvalue weighted by Gasteiger charge is -2.43. The molecule has 0 spiro atoms. The molecule has 0 unspecified atom stereocenters. The molecule has 0 atom stereocenters. The van der Waals surface area contributed by atoms with E-state index in [2.05, 4.69) is 62.7 Å². The van der Waals surface area contributed by atoms with Gasteiger partial charge in [0.2, 0.25) is 0 Å². The van der Waals surface area contributed by atoms with Crippen LogP contribution in [0.25, 0.3) is 5.57 Å². The molecular weight excluding hydrogens is 323 g/mol. The summed E-state index contributed by atoms with van der Waals surface area (Å²) >= 11 is 0. The summed E-state index contributed by atoms with van der Waals surface area (Å²) in [5.41, 5.74) is 7.51. The molecule has 0 amide bonds. The molecule has 0 aliphatic carbocycles. The minimum Gasteiger partial charge on any atom is -0.363 e. The molecule has 26 heavy (non-hydrogen) atoms. The molecule has 136 valence electrons. The Bertz CT molecular complexity index is 907. The molecule has 0 saturated heterocycles. The molecule has 0 bridgehead atoms. The van der Waals surface area contributed by atoms with Gasteiger partial charge in [0.15, 0.2) is 0 Å². The van der Waals surface area contributed by atoms with Crippen LogP contribution in [0.3, 0.4) is 0 Å². The van der Waals surface area contributed by atoms with Crippen molar-refractivity contribution in [2.75, 3.05) is 11.4 Å². The molecule has 0 saturated carbocycles. The quantitative estimate of drug-likeness (QED) is 0.600. The number of rotatable bonds is 3. The summed E-state index contributed by atoms with van der Waals surface area (Å²) in [6.07, 6.45) is 4.21. The van der Waals surface area contributed by atoms with Crippen LogP contribution in [0.15, 0.2) is 41.4 Å². The zero-order chi connectivity index (χ0) is 19.1. The molecule has 3 heteroatoms. The molecule has 0 radical (unpaired) electrons. The Labute approximate surface area is 156 Å². The average molecular weight is 350 g/mol. The molecule has 1 heterocycles. The number of aliphatic imine (C=N–C) groups is 1. The Hall–Kier alpha value is -2.42. The SMILES string of the molecule is CCN1c2cc(C)c(C=Nc3ccc(F)c(C)c3)cc2C(C)=CC1(C)C. The van der Waals surface area contributed by atoms with E-state index in [1.54, 1.807) is 19.1 Å². The van der Waals surface area contributed by atoms with Crippen LogP contribution in [0.4, 0.5) is 15.8 Å². The highest BCUT2D eigenvalue weighted by Crippen LogP contribution is 2.39. The fraction of sp³-hybridized carbons (Fsp3) is 0.348. The zero-order valence-corrected chi connectivity index (χ0v) is 16.5. The minimum atomic E-state index is -0.197. The number of benzene rings is 2. The highest BCUT2D eigenvalue weighted by Gasteiger charge is 2.30. The number of aryl methyl sites for hydroxylation is 2. The van der Waals surface area contributed by atoms with Crippen LogP contribution in [0.2, 0.25) is 0 Å². The first kappa shape index (κ1) is 18.4. The maximum absolute atomic E-state index is 13.4. The van der Waals surface area contributed by atoms with Gasteiger partial charge < -0.3 is 4.90 Å². The van der Waals surface area contributed by atoms with Gasteiger partial charge in [-0.25, -0.2) is 4.39 Å². The highest BCUT2D eigenvalue weighted by atomic mass is 19.1. The van der Waals surface area contributed by atoms with Crippen molar-refractivity contribution < 1.29 is 4.39 Å². The Balaban J connectivity index is 2.02. The van der Waals surface area contributed by atoms with Crippen LogP contribution in [0.1, 0.15) is 49.9 Å². The first-order chi connectivity index (χ1) is 12.2. The lowest BCUT2D eigenvalue weighted by molar-refractivity contribution is 0.566. The third-order valence-corrected chi connectivity index (χ3v) is 5.18. The van der Waals surface area contributed by atoms with Crippen LogP contribution in [0, 0.1) is 19.7 Å². The monoisotopic (exact) mass is 350 g/mol. The van der Waals surface area contributed by atoms with Gasteiger partial charge in [-0.15, -0.1) is 0 Å². The summed E-state index contributed by atoms with van der Waals surface area (Å²) < 4.78 is 13.4. The van der Waals surface area contributed by atoms with Crippen molar-refractivity contribution in [2.24, 2.45) is 4.99 Å². The second-order valence-corrected chi connectivity index (χ2v) is 7.64. The summed E-state index contributed by atoms with van der Waals surface area (Å²) in [6, 6.07) is 9.42.